The van der Waals surface area contributed by atoms with Crippen LogP contribution in [0.3, 0.4) is 0 Å². The van der Waals surface area contributed by atoms with Crippen molar-refractivity contribution in [2.45, 2.75) is 56.0 Å². The van der Waals surface area contributed by atoms with E-state index in [1.54, 1.807) is 6.92 Å². The van der Waals surface area contributed by atoms with Gasteiger partial charge in [0.25, 0.3) is 11.1 Å². The van der Waals surface area contributed by atoms with E-state index in [0.717, 1.165) is 29.5 Å². The number of piperidine rings is 2. The Morgan fingerprint density at radius 1 is 0.886 bits per heavy atom. The van der Waals surface area contributed by atoms with E-state index in [-0.39, 0.29) is 47.5 Å². The van der Waals surface area contributed by atoms with Crippen LogP contribution in [-0.4, -0.2) is 39.5 Å². The fraction of sp³-hybridized carbons (Fsp3) is 0.367. The lowest BCUT2D eigenvalue weighted by atomic mass is 9.76. The molecule has 2 saturated heterocycles. The molecule has 2 aromatic heterocycles. The largest absolute Gasteiger partial charge is 0.465 e. The summed E-state index contributed by atoms with van der Waals surface area (Å²) in [6.07, 6.45) is 0.868. The molecule has 4 heterocycles. The predicted molar refractivity (Wildman–Crippen MR) is 148 cm³/mol. The molecule has 0 aliphatic carbocycles. The van der Waals surface area contributed by atoms with Crippen molar-refractivity contribution < 1.29 is 36.5 Å². The molecule has 10 nitrogen and oxygen atoms in total. The highest BCUT2D eigenvalue weighted by molar-refractivity contribution is 5.67. The molecule has 6 rings (SSSR count). The van der Waals surface area contributed by atoms with Gasteiger partial charge in [0.2, 0.25) is 0 Å². The summed E-state index contributed by atoms with van der Waals surface area (Å²) >= 11 is 0. The number of carboxylic acid groups (broad SMARTS) is 1. The monoisotopic (exact) mass is 618 g/mol. The summed E-state index contributed by atoms with van der Waals surface area (Å²) in [6.45, 7) is 2.41. The summed E-state index contributed by atoms with van der Waals surface area (Å²) in [5.41, 5.74) is -1.34. The Hall–Kier alpha value is -4.59. The second-order valence-corrected chi connectivity index (χ2v) is 11.1. The van der Waals surface area contributed by atoms with Crippen molar-refractivity contribution in [1.29, 1.82) is 0 Å². The van der Waals surface area contributed by atoms with Crippen LogP contribution >= 0.6 is 0 Å². The number of carbonyl (C=O) groups is 1. The zero-order valence-corrected chi connectivity index (χ0v) is 23.5. The first-order valence-corrected chi connectivity index (χ1v) is 14.0. The van der Waals surface area contributed by atoms with Gasteiger partial charge >= 0.3 is 6.09 Å². The Labute approximate surface area is 247 Å². The van der Waals surface area contributed by atoms with Crippen molar-refractivity contribution >= 4 is 6.09 Å². The van der Waals surface area contributed by atoms with E-state index in [0.29, 0.717) is 36.5 Å². The summed E-state index contributed by atoms with van der Waals surface area (Å²) in [5.74, 6) is -1.90. The molecule has 4 aromatic rings. The van der Waals surface area contributed by atoms with Crippen molar-refractivity contribution in [3.63, 3.8) is 0 Å². The summed E-state index contributed by atoms with van der Waals surface area (Å²) < 4.78 is 64.5. The van der Waals surface area contributed by atoms with Crippen LogP contribution in [0.5, 0.6) is 0 Å². The van der Waals surface area contributed by atoms with Gasteiger partial charge in [-0.1, -0.05) is 12.1 Å². The van der Waals surface area contributed by atoms with Crippen LogP contribution in [0.1, 0.15) is 73.1 Å². The van der Waals surface area contributed by atoms with E-state index in [9.17, 15) is 37.1 Å². The number of rotatable bonds is 4. The Kier molecular flexibility index (Phi) is 8.81. The minimum absolute atomic E-state index is 0.0460. The Morgan fingerprint density at radius 2 is 1.50 bits per heavy atom. The smallest absolute Gasteiger partial charge is 0.408 e. The molecule has 2 aromatic carbocycles. The topological polar surface area (TPSA) is 145 Å². The summed E-state index contributed by atoms with van der Waals surface area (Å²) in [7, 11) is 0. The summed E-state index contributed by atoms with van der Waals surface area (Å²) in [5, 5.41) is 17.2. The van der Waals surface area contributed by atoms with Crippen LogP contribution in [0.25, 0.3) is 0 Å². The number of nitrogens with zero attached hydrogens (tertiary/aromatic N) is 1. The van der Waals surface area contributed by atoms with Gasteiger partial charge in [0.15, 0.2) is 0 Å². The first-order chi connectivity index (χ1) is 20.9. The van der Waals surface area contributed by atoms with Crippen LogP contribution in [0.4, 0.5) is 22.4 Å². The fourth-order valence-electron chi connectivity index (χ4n) is 6.15. The molecule has 1 amide bonds. The minimum atomic E-state index is -1.21. The molecule has 44 heavy (non-hydrogen) atoms. The number of aromatic amines is 2. The SMILES string of the molecule is C[C@]1(c2ccc(F)cc2F)C[C@@H](c2cc(=O)[nH]o2)CCN1C(=O)O.O=c1cc([C@H]2CCN[C@@H](c3ccc(F)cc3F)C2)o[nH]1. The first kappa shape index (κ1) is 30.9. The summed E-state index contributed by atoms with van der Waals surface area (Å²) in [6, 6.07) is 9.21. The fourth-order valence-corrected chi connectivity index (χ4v) is 6.15. The van der Waals surface area contributed by atoms with E-state index < -0.39 is 34.9 Å². The number of hydrogen-bond donors (Lipinski definition) is 4. The van der Waals surface area contributed by atoms with Gasteiger partial charge < -0.3 is 19.5 Å². The van der Waals surface area contributed by atoms with Crippen molar-refractivity contribution in [1.82, 2.24) is 20.5 Å². The molecule has 0 bridgehead atoms. The van der Waals surface area contributed by atoms with E-state index in [4.69, 9.17) is 9.05 Å². The third kappa shape index (κ3) is 6.49. The highest BCUT2D eigenvalue weighted by Gasteiger charge is 2.45. The molecule has 4 N–H and O–H groups in total. The number of nitrogens with one attached hydrogen (secondary N) is 3. The number of halogens is 4. The van der Waals surface area contributed by atoms with Gasteiger partial charge in [-0.25, -0.2) is 22.4 Å². The third-order valence-corrected chi connectivity index (χ3v) is 8.32. The normalized spacial score (nSPS) is 23.6. The zero-order valence-electron chi connectivity index (χ0n) is 23.5. The lowest BCUT2D eigenvalue weighted by Gasteiger charge is -2.46. The Morgan fingerprint density at radius 3 is 2.07 bits per heavy atom. The lowest BCUT2D eigenvalue weighted by molar-refractivity contribution is 0.0419. The van der Waals surface area contributed by atoms with Gasteiger partial charge in [0, 0.05) is 59.8 Å². The van der Waals surface area contributed by atoms with Gasteiger partial charge in [-0.3, -0.25) is 14.5 Å². The molecule has 0 unspecified atom stereocenters. The Balaban J connectivity index is 0.000000177. The van der Waals surface area contributed by atoms with Crippen LogP contribution < -0.4 is 16.4 Å². The van der Waals surface area contributed by atoms with E-state index in [1.807, 2.05) is 0 Å². The molecular weight excluding hydrogens is 588 g/mol. The minimum Gasteiger partial charge on any atom is -0.465 e. The standard InChI is InChI=1S/C16H16F2N2O4.C14H14F2N2O2/c1-16(11-3-2-10(17)6-12(11)18)8-9(4-5-20(16)15(22)23)13-7-14(21)19-24-13;15-9-1-2-10(11(16)6-9)12-5-8(3-4-17-12)13-7-14(19)18-20-13/h2-3,6-7,9H,4-5,8H2,1H3,(H,19,21)(H,22,23);1-2,6-8,12,17H,3-5H2,(H,18,19)/t9-,16+;8-,12+/m00/s1. The Bertz CT molecular complexity index is 1750. The van der Waals surface area contributed by atoms with Crippen LogP contribution in [0.15, 0.2) is 67.2 Å². The van der Waals surface area contributed by atoms with Crippen LogP contribution in [-0.2, 0) is 5.54 Å². The molecule has 2 fully saturated rings. The van der Waals surface area contributed by atoms with Gasteiger partial charge in [-0.05, 0) is 51.3 Å². The molecule has 234 valence electrons. The maximum atomic E-state index is 14.3. The number of hydrogen-bond acceptors (Lipinski definition) is 6. The van der Waals surface area contributed by atoms with Gasteiger partial charge in [-0.15, -0.1) is 0 Å². The van der Waals surface area contributed by atoms with Gasteiger partial charge in [0.05, 0.1) is 5.54 Å². The summed E-state index contributed by atoms with van der Waals surface area (Å²) in [4.78, 5) is 35.1. The maximum Gasteiger partial charge on any atom is 0.408 e. The van der Waals surface area contributed by atoms with E-state index in [1.165, 1.54) is 30.3 Å². The van der Waals surface area contributed by atoms with Crippen molar-refractivity contribution in [2.24, 2.45) is 0 Å². The number of aromatic nitrogens is 2. The van der Waals surface area contributed by atoms with Crippen molar-refractivity contribution in [3.8, 4) is 0 Å². The van der Waals surface area contributed by atoms with Crippen molar-refractivity contribution in [3.05, 3.63) is 115 Å². The molecule has 0 spiro atoms. The zero-order chi connectivity index (χ0) is 31.6. The predicted octanol–water partition coefficient (Wildman–Crippen LogP) is 5.47. The lowest BCUT2D eigenvalue weighted by Crippen LogP contribution is -2.52. The number of benzene rings is 2. The first-order valence-electron chi connectivity index (χ1n) is 14.0. The molecule has 4 atom stereocenters. The number of H-pyrrole nitrogens is 2. The molecule has 2 aliphatic rings. The number of amides is 1. The quantitative estimate of drug-likeness (QED) is 0.222. The van der Waals surface area contributed by atoms with Crippen molar-refractivity contribution in [2.75, 3.05) is 13.1 Å². The second kappa shape index (κ2) is 12.6. The molecule has 2 aliphatic heterocycles. The molecular formula is C30H30F4N4O6. The van der Waals surface area contributed by atoms with Crippen LogP contribution in [0, 0.1) is 23.3 Å². The average Bonchev–Trinajstić information content (AvgIpc) is 3.61. The molecule has 14 heteroatoms. The number of likely N-dealkylation sites (tertiary alicyclic amines) is 1. The second-order valence-electron chi connectivity index (χ2n) is 11.1. The van der Waals surface area contributed by atoms with Crippen LogP contribution in [0.2, 0.25) is 0 Å². The van der Waals surface area contributed by atoms with Gasteiger partial charge in [-0.2, -0.15) is 10.3 Å². The highest BCUT2D eigenvalue weighted by Crippen LogP contribution is 2.44. The maximum absolute atomic E-state index is 14.3. The highest BCUT2D eigenvalue weighted by atomic mass is 19.1. The molecule has 0 radical (unpaired) electrons. The van der Waals surface area contributed by atoms with E-state index in [2.05, 4.69) is 15.6 Å². The van der Waals surface area contributed by atoms with Gasteiger partial charge in [0.1, 0.15) is 34.8 Å². The molecule has 0 saturated carbocycles. The average molecular weight is 619 g/mol. The van der Waals surface area contributed by atoms with E-state index >= 15 is 0 Å². The third-order valence-electron chi connectivity index (χ3n) is 8.32.